The Morgan fingerprint density at radius 2 is 1.86 bits per heavy atom. The van der Waals surface area contributed by atoms with Gasteiger partial charge in [-0.1, -0.05) is 36.4 Å². The fourth-order valence-electron chi connectivity index (χ4n) is 2.90. The zero-order chi connectivity index (χ0) is 15.1. The Kier molecular flexibility index (Phi) is 3.54. The van der Waals surface area contributed by atoms with Crippen LogP contribution in [0.5, 0.6) is 0 Å². The summed E-state index contributed by atoms with van der Waals surface area (Å²) in [5.41, 5.74) is 0.328. The van der Waals surface area contributed by atoms with Crippen molar-refractivity contribution in [3.05, 3.63) is 60.0 Å². The SMILES string of the molecule is CC1(C)OB(C2C=CC(F)=C2)OC1(C)Cc1ccccc1. The predicted molar refractivity (Wildman–Crippen MR) is 82.6 cm³/mol. The van der Waals surface area contributed by atoms with E-state index in [1.807, 2.05) is 32.0 Å². The molecule has 0 aromatic heterocycles. The van der Waals surface area contributed by atoms with Gasteiger partial charge < -0.3 is 9.31 Å². The molecule has 1 aliphatic heterocycles. The van der Waals surface area contributed by atoms with E-state index in [0.717, 1.165) is 6.42 Å². The predicted octanol–water partition coefficient (Wildman–Crippen LogP) is 4.09. The summed E-state index contributed by atoms with van der Waals surface area (Å²) in [6, 6.07) is 10.2. The quantitative estimate of drug-likeness (QED) is 0.779. The van der Waals surface area contributed by atoms with Crippen LogP contribution in [0, 0.1) is 0 Å². The number of hydrogen-bond acceptors (Lipinski definition) is 2. The molecule has 1 heterocycles. The first-order valence-corrected chi connectivity index (χ1v) is 7.35. The molecule has 1 aromatic carbocycles. The Bertz CT molecular complexity index is 582. The first-order valence-electron chi connectivity index (χ1n) is 7.35. The summed E-state index contributed by atoms with van der Waals surface area (Å²) in [4.78, 5) is 0. The molecule has 0 saturated carbocycles. The highest BCUT2D eigenvalue weighted by Crippen LogP contribution is 2.44. The number of benzene rings is 1. The average molecular weight is 286 g/mol. The van der Waals surface area contributed by atoms with Crippen LogP contribution in [0.3, 0.4) is 0 Å². The van der Waals surface area contributed by atoms with Gasteiger partial charge in [-0.05, 0) is 38.5 Å². The number of halogens is 1. The third-order valence-corrected chi connectivity index (χ3v) is 4.59. The van der Waals surface area contributed by atoms with Gasteiger partial charge in [0.05, 0.1) is 11.2 Å². The van der Waals surface area contributed by atoms with Gasteiger partial charge in [0.2, 0.25) is 0 Å². The molecule has 0 N–H and O–H groups in total. The highest BCUT2D eigenvalue weighted by atomic mass is 19.1. The minimum atomic E-state index is -0.445. The third kappa shape index (κ3) is 2.70. The van der Waals surface area contributed by atoms with E-state index in [1.54, 1.807) is 12.2 Å². The maximum Gasteiger partial charge on any atom is 0.469 e. The van der Waals surface area contributed by atoms with Gasteiger partial charge >= 0.3 is 7.12 Å². The summed E-state index contributed by atoms with van der Waals surface area (Å²) in [6.45, 7) is 6.14. The summed E-state index contributed by atoms with van der Waals surface area (Å²) in [5, 5.41) is 0. The van der Waals surface area contributed by atoms with Gasteiger partial charge in [-0.15, -0.1) is 0 Å². The Labute approximate surface area is 125 Å². The van der Waals surface area contributed by atoms with Gasteiger partial charge in [-0.2, -0.15) is 0 Å². The molecule has 2 aliphatic rings. The second kappa shape index (κ2) is 5.11. The van der Waals surface area contributed by atoms with Crippen molar-refractivity contribution in [2.24, 2.45) is 0 Å². The first kappa shape index (κ1) is 14.5. The van der Waals surface area contributed by atoms with E-state index >= 15 is 0 Å². The van der Waals surface area contributed by atoms with E-state index in [1.165, 1.54) is 11.6 Å². The summed E-state index contributed by atoms with van der Waals surface area (Å²) in [7, 11) is -0.432. The van der Waals surface area contributed by atoms with E-state index in [9.17, 15) is 4.39 Å². The van der Waals surface area contributed by atoms with Crippen molar-refractivity contribution >= 4 is 7.12 Å². The molecule has 3 rings (SSSR count). The molecule has 2 nitrogen and oxygen atoms in total. The van der Waals surface area contributed by atoms with Crippen LogP contribution in [0.15, 0.2) is 54.4 Å². The Balaban J connectivity index is 1.80. The Morgan fingerprint density at radius 1 is 1.14 bits per heavy atom. The van der Waals surface area contributed by atoms with Crippen LogP contribution < -0.4 is 0 Å². The number of rotatable bonds is 3. The zero-order valence-electron chi connectivity index (χ0n) is 12.7. The molecular weight excluding hydrogens is 266 g/mol. The van der Waals surface area contributed by atoms with Gasteiger partial charge in [0.1, 0.15) is 5.83 Å². The second-order valence-electron chi connectivity index (χ2n) is 6.50. The molecule has 110 valence electrons. The van der Waals surface area contributed by atoms with Crippen molar-refractivity contribution in [1.29, 1.82) is 0 Å². The molecule has 21 heavy (non-hydrogen) atoms. The molecule has 1 aliphatic carbocycles. The highest BCUT2D eigenvalue weighted by Gasteiger charge is 2.55. The molecular formula is C17H20BFO2. The summed E-state index contributed by atoms with van der Waals surface area (Å²) < 4.78 is 25.5. The van der Waals surface area contributed by atoms with E-state index in [4.69, 9.17) is 9.31 Å². The first-order chi connectivity index (χ1) is 9.90. The lowest BCUT2D eigenvalue weighted by Crippen LogP contribution is -2.46. The van der Waals surface area contributed by atoms with Crippen molar-refractivity contribution in [1.82, 2.24) is 0 Å². The maximum atomic E-state index is 13.2. The van der Waals surface area contributed by atoms with Crippen molar-refractivity contribution < 1.29 is 13.7 Å². The van der Waals surface area contributed by atoms with E-state index in [2.05, 4.69) is 19.1 Å². The minimum Gasteiger partial charge on any atom is -0.403 e. The normalized spacial score (nSPS) is 30.8. The zero-order valence-corrected chi connectivity index (χ0v) is 12.7. The van der Waals surface area contributed by atoms with Crippen molar-refractivity contribution in [3.63, 3.8) is 0 Å². The molecule has 0 spiro atoms. The van der Waals surface area contributed by atoms with Crippen LogP contribution in [0.1, 0.15) is 26.3 Å². The van der Waals surface area contributed by atoms with Crippen LogP contribution in [0.4, 0.5) is 4.39 Å². The summed E-state index contributed by atoms with van der Waals surface area (Å²) in [6.07, 6.45) is 5.58. The monoisotopic (exact) mass is 286 g/mol. The van der Waals surface area contributed by atoms with Gasteiger partial charge in [-0.3, -0.25) is 0 Å². The van der Waals surface area contributed by atoms with Gasteiger partial charge in [0, 0.05) is 12.2 Å². The highest BCUT2D eigenvalue weighted by molar-refractivity contribution is 6.49. The smallest absolute Gasteiger partial charge is 0.403 e. The molecule has 1 saturated heterocycles. The topological polar surface area (TPSA) is 18.5 Å². The fourth-order valence-corrected chi connectivity index (χ4v) is 2.90. The molecule has 1 fully saturated rings. The van der Waals surface area contributed by atoms with Crippen molar-refractivity contribution in [2.75, 3.05) is 0 Å². The lowest BCUT2D eigenvalue weighted by molar-refractivity contribution is -0.00877. The minimum absolute atomic E-state index is 0.151. The fraction of sp³-hybridized carbons (Fsp3) is 0.412. The molecule has 0 amide bonds. The molecule has 4 heteroatoms. The maximum absolute atomic E-state index is 13.2. The summed E-state index contributed by atoms with van der Waals surface area (Å²) in [5.74, 6) is -0.372. The third-order valence-electron chi connectivity index (χ3n) is 4.59. The van der Waals surface area contributed by atoms with E-state index < -0.39 is 18.3 Å². The lowest BCUT2D eigenvalue weighted by atomic mass is 9.73. The average Bonchev–Trinajstić information content (AvgIpc) is 2.94. The summed E-state index contributed by atoms with van der Waals surface area (Å²) >= 11 is 0. The largest absolute Gasteiger partial charge is 0.469 e. The van der Waals surface area contributed by atoms with Crippen LogP contribution in [-0.4, -0.2) is 18.3 Å². The van der Waals surface area contributed by atoms with Gasteiger partial charge in [0.15, 0.2) is 0 Å². The van der Waals surface area contributed by atoms with Gasteiger partial charge in [-0.25, -0.2) is 4.39 Å². The molecule has 0 radical (unpaired) electrons. The van der Waals surface area contributed by atoms with Crippen LogP contribution in [-0.2, 0) is 15.7 Å². The number of hydrogen-bond donors (Lipinski definition) is 0. The van der Waals surface area contributed by atoms with Crippen molar-refractivity contribution in [2.45, 2.75) is 44.2 Å². The van der Waals surface area contributed by atoms with Gasteiger partial charge in [0.25, 0.3) is 0 Å². The number of allylic oxidation sites excluding steroid dienone is 4. The molecule has 0 bridgehead atoms. The van der Waals surface area contributed by atoms with E-state index in [-0.39, 0.29) is 11.6 Å². The standard InChI is InChI=1S/C17H20BFO2/c1-16(2)17(3,12-13-7-5-4-6-8-13)21-18(20-16)14-9-10-15(19)11-14/h4-11,14H,12H2,1-3H3. The Morgan fingerprint density at radius 3 is 2.48 bits per heavy atom. The van der Waals surface area contributed by atoms with Crippen LogP contribution in [0.2, 0.25) is 5.82 Å². The molecule has 2 unspecified atom stereocenters. The van der Waals surface area contributed by atoms with Crippen LogP contribution in [0.25, 0.3) is 0 Å². The van der Waals surface area contributed by atoms with Crippen molar-refractivity contribution in [3.8, 4) is 0 Å². The Hall–Kier alpha value is -1.39. The lowest BCUT2D eigenvalue weighted by Gasteiger charge is -2.36. The molecule has 2 atom stereocenters. The second-order valence-corrected chi connectivity index (χ2v) is 6.50. The van der Waals surface area contributed by atoms with E-state index in [0.29, 0.717) is 0 Å². The molecule has 1 aromatic rings. The van der Waals surface area contributed by atoms with Crippen LogP contribution >= 0.6 is 0 Å².